The Labute approximate surface area is 66.7 Å². The first-order valence-electron chi connectivity index (χ1n) is 3.20. The maximum absolute atomic E-state index is 10.5. The van der Waals surface area contributed by atoms with Crippen LogP contribution < -0.4 is 0 Å². The Balaban J connectivity index is 2.68. The van der Waals surface area contributed by atoms with Gasteiger partial charge in [0.2, 0.25) is 0 Å². The molecular formula is C7H4N2O3. The number of rotatable bonds is 1. The third-order valence-electron chi connectivity index (χ3n) is 1.43. The maximum atomic E-state index is 10.5. The summed E-state index contributed by atoms with van der Waals surface area (Å²) in [6, 6.07) is 1.39. The van der Waals surface area contributed by atoms with Crippen molar-refractivity contribution >= 4 is 17.2 Å². The molecule has 0 bridgehead atoms. The summed E-state index contributed by atoms with van der Waals surface area (Å²) in [7, 11) is 0. The van der Waals surface area contributed by atoms with Gasteiger partial charge in [-0.2, -0.15) is 4.98 Å². The SMILES string of the molecule is O=C(O)c1cnc2ncoc2c1. The summed E-state index contributed by atoms with van der Waals surface area (Å²) in [4.78, 5) is 18.0. The molecule has 0 aliphatic rings. The fraction of sp³-hybridized carbons (Fsp3) is 0. The first-order chi connectivity index (χ1) is 5.77. The highest BCUT2D eigenvalue weighted by molar-refractivity contribution is 5.90. The third kappa shape index (κ3) is 0.914. The molecule has 5 heteroatoms. The molecule has 0 aliphatic heterocycles. The molecule has 5 nitrogen and oxygen atoms in total. The van der Waals surface area contributed by atoms with E-state index < -0.39 is 5.97 Å². The standard InChI is InChI=1S/C7H4N2O3/c10-7(11)4-1-5-6(8-2-4)9-3-12-5/h1-3H,(H,10,11). The molecular weight excluding hydrogens is 160 g/mol. The molecule has 2 aromatic heterocycles. The van der Waals surface area contributed by atoms with Crippen LogP contribution in [-0.2, 0) is 0 Å². The summed E-state index contributed by atoms with van der Waals surface area (Å²) >= 11 is 0. The topological polar surface area (TPSA) is 76.2 Å². The van der Waals surface area contributed by atoms with Gasteiger partial charge in [-0.25, -0.2) is 9.78 Å². The van der Waals surface area contributed by atoms with Crippen LogP contribution in [0.2, 0.25) is 0 Å². The maximum Gasteiger partial charge on any atom is 0.337 e. The second kappa shape index (κ2) is 2.30. The summed E-state index contributed by atoms with van der Waals surface area (Å²) in [5, 5.41) is 8.58. The van der Waals surface area contributed by atoms with Gasteiger partial charge in [-0.15, -0.1) is 0 Å². The molecule has 0 radical (unpaired) electrons. The van der Waals surface area contributed by atoms with Crippen molar-refractivity contribution in [3.63, 3.8) is 0 Å². The Kier molecular flexibility index (Phi) is 1.30. The number of aromatic carboxylic acids is 1. The van der Waals surface area contributed by atoms with Gasteiger partial charge in [-0.05, 0) is 0 Å². The Morgan fingerprint density at radius 1 is 1.50 bits per heavy atom. The third-order valence-corrected chi connectivity index (χ3v) is 1.43. The van der Waals surface area contributed by atoms with Crippen LogP contribution in [0.25, 0.3) is 11.2 Å². The molecule has 2 aromatic rings. The Morgan fingerprint density at radius 2 is 2.33 bits per heavy atom. The van der Waals surface area contributed by atoms with E-state index in [0.29, 0.717) is 11.2 Å². The van der Waals surface area contributed by atoms with Crippen molar-refractivity contribution in [3.05, 3.63) is 24.2 Å². The van der Waals surface area contributed by atoms with Crippen LogP contribution in [0.4, 0.5) is 0 Å². The van der Waals surface area contributed by atoms with Crippen molar-refractivity contribution in [1.82, 2.24) is 9.97 Å². The van der Waals surface area contributed by atoms with Gasteiger partial charge in [0.25, 0.3) is 0 Å². The molecule has 0 fully saturated rings. The molecule has 0 saturated carbocycles. The highest BCUT2D eigenvalue weighted by Crippen LogP contribution is 2.10. The van der Waals surface area contributed by atoms with E-state index in [0.717, 1.165) is 0 Å². The zero-order valence-electron chi connectivity index (χ0n) is 5.89. The van der Waals surface area contributed by atoms with E-state index in [1.54, 1.807) is 0 Å². The van der Waals surface area contributed by atoms with E-state index in [4.69, 9.17) is 9.52 Å². The lowest BCUT2D eigenvalue weighted by molar-refractivity contribution is 0.0696. The zero-order valence-corrected chi connectivity index (χ0v) is 5.89. The number of carboxylic acid groups (broad SMARTS) is 1. The monoisotopic (exact) mass is 164 g/mol. The minimum absolute atomic E-state index is 0.0965. The van der Waals surface area contributed by atoms with Gasteiger partial charge < -0.3 is 9.52 Å². The average Bonchev–Trinajstić information content (AvgIpc) is 2.49. The lowest BCUT2D eigenvalue weighted by Gasteiger charge is -1.90. The van der Waals surface area contributed by atoms with Gasteiger partial charge in [0.1, 0.15) is 0 Å². The number of pyridine rings is 1. The summed E-state index contributed by atoms with van der Waals surface area (Å²) in [5.41, 5.74) is 0.897. The van der Waals surface area contributed by atoms with E-state index in [2.05, 4.69) is 9.97 Å². The minimum atomic E-state index is -1.03. The molecule has 0 saturated heterocycles. The van der Waals surface area contributed by atoms with Crippen LogP contribution in [0, 0.1) is 0 Å². The predicted molar refractivity (Wildman–Crippen MR) is 38.8 cm³/mol. The van der Waals surface area contributed by atoms with E-state index >= 15 is 0 Å². The predicted octanol–water partition coefficient (Wildman–Crippen LogP) is 0.921. The number of carbonyl (C=O) groups is 1. The van der Waals surface area contributed by atoms with Crippen LogP contribution in [0.1, 0.15) is 10.4 Å². The van der Waals surface area contributed by atoms with Crippen molar-refractivity contribution in [2.45, 2.75) is 0 Å². The Morgan fingerprint density at radius 3 is 3.08 bits per heavy atom. The molecule has 0 atom stereocenters. The quantitative estimate of drug-likeness (QED) is 0.678. The normalized spacial score (nSPS) is 10.3. The molecule has 0 aromatic carbocycles. The second-order valence-electron chi connectivity index (χ2n) is 2.20. The van der Waals surface area contributed by atoms with E-state index in [-0.39, 0.29) is 5.56 Å². The van der Waals surface area contributed by atoms with E-state index in [9.17, 15) is 4.79 Å². The van der Waals surface area contributed by atoms with Crippen LogP contribution >= 0.6 is 0 Å². The van der Waals surface area contributed by atoms with E-state index in [1.807, 2.05) is 0 Å². The highest BCUT2D eigenvalue weighted by atomic mass is 16.4. The van der Waals surface area contributed by atoms with Gasteiger partial charge in [-0.3, -0.25) is 0 Å². The number of carboxylic acids is 1. The van der Waals surface area contributed by atoms with Crippen LogP contribution in [-0.4, -0.2) is 21.0 Å². The van der Waals surface area contributed by atoms with Crippen molar-refractivity contribution in [2.75, 3.05) is 0 Å². The summed E-state index contributed by atoms with van der Waals surface area (Å²) in [6.07, 6.45) is 2.47. The number of nitrogens with zero attached hydrogens (tertiary/aromatic N) is 2. The number of hydrogen-bond donors (Lipinski definition) is 1. The first-order valence-corrected chi connectivity index (χ1v) is 3.20. The van der Waals surface area contributed by atoms with Crippen molar-refractivity contribution in [2.24, 2.45) is 0 Å². The van der Waals surface area contributed by atoms with Crippen molar-refractivity contribution < 1.29 is 14.3 Å². The van der Waals surface area contributed by atoms with Crippen LogP contribution in [0.15, 0.2) is 23.1 Å². The number of aromatic nitrogens is 2. The van der Waals surface area contributed by atoms with Gasteiger partial charge in [0, 0.05) is 12.3 Å². The second-order valence-corrected chi connectivity index (χ2v) is 2.20. The highest BCUT2D eigenvalue weighted by Gasteiger charge is 2.06. The van der Waals surface area contributed by atoms with Gasteiger partial charge >= 0.3 is 5.97 Å². The van der Waals surface area contributed by atoms with Crippen LogP contribution in [0.3, 0.4) is 0 Å². The Bertz CT molecular complexity index is 435. The average molecular weight is 164 g/mol. The molecule has 0 aliphatic carbocycles. The van der Waals surface area contributed by atoms with Crippen molar-refractivity contribution in [3.8, 4) is 0 Å². The van der Waals surface area contributed by atoms with Crippen molar-refractivity contribution in [1.29, 1.82) is 0 Å². The molecule has 1 N–H and O–H groups in total. The zero-order chi connectivity index (χ0) is 8.55. The molecule has 2 heterocycles. The number of hydrogen-bond acceptors (Lipinski definition) is 4. The lowest BCUT2D eigenvalue weighted by atomic mass is 10.3. The minimum Gasteiger partial charge on any atom is -0.478 e. The molecule has 2 rings (SSSR count). The fourth-order valence-corrected chi connectivity index (χ4v) is 0.871. The van der Waals surface area contributed by atoms with Crippen LogP contribution in [0.5, 0.6) is 0 Å². The molecule has 0 amide bonds. The number of fused-ring (bicyclic) bond motifs is 1. The largest absolute Gasteiger partial charge is 0.478 e. The number of oxazole rings is 1. The fourth-order valence-electron chi connectivity index (χ4n) is 0.871. The van der Waals surface area contributed by atoms with Gasteiger partial charge in [-0.1, -0.05) is 0 Å². The summed E-state index contributed by atoms with van der Waals surface area (Å²) in [5.74, 6) is -1.03. The van der Waals surface area contributed by atoms with E-state index in [1.165, 1.54) is 18.7 Å². The van der Waals surface area contributed by atoms with Gasteiger partial charge in [0.05, 0.1) is 5.56 Å². The summed E-state index contributed by atoms with van der Waals surface area (Å²) in [6.45, 7) is 0. The molecule has 60 valence electrons. The lowest BCUT2D eigenvalue weighted by Crippen LogP contribution is -1.96. The van der Waals surface area contributed by atoms with Gasteiger partial charge in [0.15, 0.2) is 17.6 Å². The molecule has 0 unspecified atom stereocenters. The smallest absolute Gasteiger partial charge is 0.337 e. The molecule has 0 spiro atoms. The molecule has 12 heavy (non-hydrogen) atoms. The summed E-state index contributed by atoms with van der Waals surface area (Å²) < 4.78 is 4.87. The first kappa shape index (κ1) is 6.78. The Hall–Kier alpha value is -1.91.